The fourth-order valence-electron chi connectivity index (χ4n) is 2.92. The summed E-state index contributed by atoms with van der Waals surface area (Å²) >= 11 is 12.1. The predicted molar refractivity (Wildman–Crippen MR) is 107 cm³/mol. The topological polar surface area (TPSA) is 71.7 Å². The second-order valence-corrected chi connectivity index (χ2v) is 8.06. The zero-order chi connectivity index (χ0) is 20.1. The van der Waals surface area contributed by atoms with Gasteiger partial charge in [0.1, 0.15) is 0 Å². The van der Waals surface area contributed by atoms with Crippen molar-refractivity contribution in [2.45, 2.75) is 26.8 Å². The van der Waals surface area contributed by atoms with Crippen molar-refractivity contribution < 1.29 is 13.9 Å². The van der Waals surface area contributed by atoms with E-state index in [0.717, 1.165) is 19.5 Å². The number of aromatic nitrogens is 2. The first kappa shape index (κ1) is 20.9. The Balaban J connectivity index is 1.56. The molecule has 7 nitrogen and oxygen atoms in total. The van der Waals surface area contributed by atoms with Crippen LogP contribution in [0.2, 0.25) is 10.0 Å². The molecule has 0 atom stereocenters. The Kier molecular flexibility index (Phi) is 7.15. The minimum Gasteiger partial charge on any atom is -0.449 e. The average molecular weight is 427 g/mol. The molecule has 2 heterocycles. The highest BCUT2D eigenvalue weighted by atomic mass is 35.5. The molecular weight excluding hydrogens is 403 g/mol. The molecule has 1 fully saturated rings. The summed E-state index contributed by atoms with van der Waals surface area (Å²) in [5.74, 6) is 1.20. The van der Waals surface area contributed by atoms with Crippen molar-refractivity contribution in [1.82, 2.24) is 20.0 Å². The Bertz CT molecular complexity index is 812. The van der Waals surface area contributed by atoms with E-state index in [0.29, 0.717) is 59.5 Å². The predicted octanol–water partition coefficient (Wildman–Crippen LogP) is 4.34. The Hall–Kier alpha value is -1.83. The number of ether oxygens (including phenoxy) is 1. The molecule has 0 N–H and O–H groups in total. The van der Waals surface area contributed by atoms with E-state index >= 15 is 0 Å². The number of carbonyl (C=O) groups excluding carboxylic acids is 1. The lowest BCUT2D eigenvalue weighted by Crippen LogP contribution is -2.36. The summed E-state index contributed by atoms with van der Waals surface area (Å²) in [7, 11) is 0. The summed E-state index contributed by atoms with van der Waals surface area (Å²) in [4.78, 5) is 16.1. The second kappa shape index (κ2) is 9.58. The van der Waals surface area contributed by atoms with E-state index in [9.17, 15) is 4.79 Å². The molecule has 0 bridgehead atoms. The van der Waals surface area contributed by atoms with Gasteiger partial charge in [-0.1, -0.05) is 37.0 Å². The fourth-order valence-corrected chi connectivity index (χ4v) is 3.41. The number of halogens is 2. The van der Waals surface area contributed by atoms with Gasteiger partial charge in [0, 0.05) is 31.2 Å². The zero-order valence-electron chi connectivity index (χ0n) is 16.0. The molecule has 3 rings (SSSR count). The first-order chi connectivity index (χ1) is 13.4. The lowest BCUT2D eigenvalue weighted by molar-refractivity contribution is 0.0929. The van der Waals surface area contributed by atoms with E-state index in [2.05, 4.69) is 15.1 Å². The van der Waals surface area contributed by atoms with Gasteiger partial charge in [0.15, 0.2) is 0 Å². The van der Waals surface area contributed by atoms with E-state index in [1.54, 1.807) is 23.1 Å². The molecule has 1 amide bonds. The van der Waals surface area contributed by atoms with Gasteiger partial charge in [0.05, 0.1) is 23.7 Å². The average Bonchev–Trinajstić information content (AvgIpc) is 2.97. The van der Waals surface area contributed by atoms with Crippen LogP contribution in [0.4, 0.5) is 4.79 Å². The van der Waals surface area contributed by atoms with Crippen LogP contribution in [-0.4, -0.2) is 58.9 Å². The van der Waals surface area contributed by atoms with Crippen LogP contribution in [0.25, 0.3) is 11.5 Å². The van der Waals surface area contributed by atoms with E-state index in [1.807, 2.05) is 13.8 Å². The Morgan fingerprint density at radius 3 is 2.79 bits per heavy atom. The minimum atomic E-state index is -0.243. The lowest BCUT2D eigenvalue weighted by atomic mass is 10.2. The SMILES string of the molecule is CC(C)COC(=O)N1CCCN(Cc2nnc(-c3ccc(Cl)cc3Cl)o2)CC1. The van der Waals surface area contributed by atoms with Crippen LogP contribution < -0.4 is 0 Å². The van der Waals surface area contributed by atoms with E-state index in [1.165, 1.54) is 0 Å². The largest absolute Gasteiger partial charge is 0.449 e. The van der Waals surface area contributed by atoms with Gasteiger partial charge in [-0.2, -0.15) is 0 Å². The third kappa shape index (κ3) is 5.59. The van der Waals surface area contributed by atoms with Crippen molar-refractivity contribution >= 4 is 29.3 Å². The van der Waals surface area contributed by atoms with Gasteiger partial charge in [-0.3, -0.25) is 4.90 Å². The van der Waals surface area contributed by atoms with Crippen LogP contribution in [0.15, 0.2) is 22.6 Å². The number of amides is 1. The third-order valence-corrected chi connectivity index (χ3v) is 4.92. The van der Waals surface area contributed by atoms with Gasteiger partial charge in [-0.05, 0) is 30.5 Å². The zero-order valence-corrected chi connectivity index (χ0v) is 17.5. The summed E-state index contributed by atoms with van der Waals surface area (Å²) in [6.45, 7) is 7.86. The highest BCUT2D eigenvalue weighted by Gasteiger charge is 2.22. The molecule has 1 aliphatic heterocycles. The van der Waals surface area contributed by atoms with Gasteiger partial charge < -0.3 is 14.1 Å². The minimum absolute atomic E-state index is 0.243. The molecule has 2 aromatic rings. The van der Waals surface area contributed by atoms with Gasteiger partial charge in [-0.15, -0.1) is 10.2 Å². The molecule has 152 valence electrons. The van der Waals surface area contributed by atoms with Crippen LogP contribution in [0.1, 0.15) is 26.2 Å². The van der Waals surface area contributed by atoms with Crippen molar-refractivity contribution in [3.8, 4) is 11.5 Å². The molecule has 0 radical (unpaired) electrons. The standard InChI is InChI=1S/C19H24Cl2N4O3/c1-13(2)12-27-19(26)25-7-3-6-24(8-9-25)11-17-22-23-18(28-17)15-5-4-14(20)10-16(15)21/h4-5,10,13H,3,6-9,11-12H2,1-2H3. The van der Waals surface area contributed by atoms with E-state index in [-0.39, 0.29) is 6.09 Å². The number of hydrogen-bond donors (Lipinski definition) is 0. The molecule has 1 aromatic heterocycles. The smallest absolute Gasteiger partial charge is 0.409 e. The van der Waals surface area contributed by atoms with Crippen molar-refractivity contribution in [2.75, 3.05) is 32.8 Å². The van der Waals surface area contributed by atoms with Gasteiger partial charge in [0.2, 0.25) is 11.8 Å². The second-order valence-electron chi connectivity index (χ2n) is 7.21. The third-order valence-electron chi connectivity index (χ3n) is 4.37. The molecule has 0 aliphatic carbocycles. The maximum absolute atomic E-state index is 12.2. The molecule has 0 unspecified atom stereocenters. The van der Waals surface area contributed by atoms with Gasteiger partial charge in [-0.25, -0.2) is 4.79 Å². The van der Waals surface area contributed by atoms with Crippen molar-refractivity contribution in [2.24, 2.45) is 5.92 Å². The van der Waals surface area contributed by atoms with Crippen LogP contribution in [0.5, 0.6) is 0 Å². The fraction of sp³-hybridized carbons (Fsp3) is 0.526. The molecule has 1 aromatic carbocycles. The van der Waals surface area contributed by atoms with Gasteiger partial charge >= 0.3 is 6.09 Å². The number of carbonyl (C=O) groups is 1. The van der Waals surface area contributed by atoms with Crippen LogP contribution in [0, 0.1) is 5.92 Å². The quantitative estimate of drug-likeness (QED) is 0.707. The molecule has 0 saturated carbocycles. The Labute approximate surface area is 174 Å². The summed E-state index contributed by atoms with van der Waals surface area (Å²) < 4.78 is 11.1. The van der Waals surface area contributed by atoms with Crippen LogP contribution in [0.3, 0.4) is 0 Å². The van der Waals surface area contributed by atoms with Crippen molar-refractivity contribution in [1.29, 1.82) is 0 Å². The summed E-state index contributed by atoms with van der Waals surface area (Å²) in [6.07, 6.45) is 0.619. The van der Waals surface area contributed by atoms with E-state index in [4.69, 9.17) is 32.4 Å². The highest BCUT2D eigenvalue weighted by Crippen LogP contribution is 2.29. The maximum Gasteiger partial charge on any atom is 0.409 e. The normalized spacial score (nSPS) is 15.7. The summed E-state index contributed by atoms with van der Waals surface area (Å²) in [6, 6.07) is 5.13. The summed E-state index contributed by atoms with van der Waals surface area (Å²) in [5, 5.41) is 9.24. The first-order valence-corrected chi connectivity index (χ1v) is 10.1. The van der Waals surface area contributed by atoms with E-state index < -0.39 is 0 Å². The monoisotopic (exact) mass is 426 g/mol. The highest BCUT2D eigenvalue weighted by molar-refractivity contribution is 6.36. The molecule has 1 aliphatic rings. The molecular formula is C19H24Cl2N4O3. The molecule has 28 heavy (non-hydrogen) atoms. The summed E-state index contributed by atoms with van der Waals surface area (Å²) in [5.41, 5.74) is 0.653. The number of benzene rings is 1. The number of rotatable bonds is 5. The Morgan fingerprint density at radius 2 is 2.04 bits per heavy atom. The molecule has 0 spiro atoms. The molecule has 9 heteroatoms. The van der Waals surface area contributed by atoms with Gasteiger partial charge in [0.25, 0.3) is 0 Å². The lowest BCUT2D eigenvalue weighted by Gasteiger charge is -2.21. The van der Waals surface area contributed by atoms with Crippen LogP contribution >= 0.6 is 23.2 Å². The number of nitrogens with zero attached hydrogens (tertiary/aromatic N) is 4. The number of hydrogen-bond acceptors (Lipinski definition) is 6. The molecule has 1 saturated heterocycles. The van der Waals surface area contributed by atoms with Crippen molar-refractivity contribution in [3.05, 3.63) is 34.1 Å². The van der Waals surface area contributed by atoms with Crippen molar-refractivity contribution in [3.63, 3.8) is 0 Å². The first-order valence-electron chi connectivity index (χ1n) is 9.34. The van der Waals surface area contributed by atoms with Crippen LogP contribution in [-0.2, 0) is 11.3 Å². The maximum atomic E-state index is 12.2. The Morgan fingerprint density at radius 1 is 1.21 bits per heavy atom.